The molecular formula is C37H45N5O7. The summed E-state index contributed by atoms with van der Waals surface area (Å²) in [6.45, 7) is 5.71. The van der Waals surface area contributed by atoms with E-state index in [-0.39, 0.29) is 38.4 Å². The Labute approximate surface area is 286 Å². The van der Waals surface area contributed by atoms with Crippen molar-refractivity contribution in [3.63, 3.8) is 0 Å². The summed E-state index contributed by atoms with van der Waals surface area (Å²) in [5.41, 5.74) is 2.15. The van der Waals surface area contributed by atoms with Crippen molar-refractivity contribution in [3.05, 3.63) is 102 Å². The van der Waals surface area contributed by atoms with E-state index >= 15 is 0 Å². The van der Waals surface area contributed by atoms with Crippen LogP contribution < -0.4 is 16.0 Å². The number of hydrogen-bond acceptors (Lipinski definition) is 8. The number of benzene rings is 3. The summed E-state index contributed by atoms with van der Waals surface area (Å²) in [4.78, 5) is 59.9. The summed E-state index contributed by atoms with van der Waals surface area (Å²) in [5.74, 6) is -1.70. The fraction of sp³-hybridized carbons (Fsp3) is 0.378. The number of ether oxygens (including phenoxy) is 2. The van der Waals surface area contributed by atoms with Crippen LogP contribution in [0, 0.1) is 5.92 Å². The average molecular weight is 672 g/mol. The van der Waals surface area contributed by atoms with Gasteiger partial charge in [-0.3, -0.25) is 14.4 Å². The van der Waals surface area contributed by atoms with Gasteiger partial charge >= 0.3 is 12.1 Å². The summed E-state index contributed by atoms with van der Waals surface area (Å²) in [6.07, 6.45) is 1.23. The van der Waals surface area contributed by atoms with Gasteiger partial charge in [-0.05, 0) is 41.2 Å². The van der Waals surface area contributed by atoms with E-state index in [0.717, 1.165) is 21.9 Å². The molecule has 4 rings (SSSR count). The molecule has 4 atom stereocenters. The van der Waals surface area contributed by atoms with Gasteiger partial charge in [0.1, 0.15) is 18.7 Å². The van der Waals surface area contributed by atoms with Crippen molar-refractivity contribution >= 4 is 34.6 Å². The maximum Gasteiger partial charge on any atom is 0.408 e. The molecule has 1 aromatic heterocycles. The number of H-pyrrole nitrogens is 1. The van der Waals surface area contributed by atoms with E-state index in [1.165, 1.54) is 6.33 Å². The summed E-state index contributed by atoms with van der Waals surface area (Å²) >= 11 is 0. The Balaban J connectivity index is 1.55. The zero-order valence-electron chi connectivity index (χ0n) is 28.1. The van der Waals surface area contributed by atoms with Crippen molar-refractivity contribution in [1.29, 1.82) is 0 Å². The van der Waals surface area contributed by atoms with E-state index in [2.05, 4.69) is 25.9 Å². The SMILES string of the molecule is CCOC(=O)CC(O)C(CC(C)C)NC(=O)[C@H](Cc1cnc[nH]1)NC(=O)[C@H](Cc1ccc2ccccc2c1)NC(=O)OCc1ccccc1. The molecule has 0 aliphatic heterocycles. The zero-order valence-corrected chi connectivity index (χ0v) is 28.1. The minimum atomic E-state index is -1.21. The van der Waals surface area contributed by atoms with Gasteiger partial charge in [0.2, 0.25) is 11.8 Å². The van der Waals surface area contributed by atoms with Crippen LogP contribution in [0.4, 0.5) is 4.79 Å². The van der Waals surface area contributed by atoms with Crippen molar-refractivity contribution in [1.82, 2.24) is 25.9 Å². The second kappa shape index (κ2) is 18.3. The van der Waals surface area contributed by atoms with Gasteiger partial charge in [-0.15, -0.1) is 0 Å². The number of aromatic nitrogens is 2. The highest BCUT2D eigenvalue weighted by Gasteiger charge is 2.32. The largest absolute Gasteiger partial charge is 0.466 e. The molecule has 12 heteroatoms. The van der Waals surface area contributed by atoms with Gasteiger partial charge < -0.3 is 35.5 Å². The van der Waals surface area contributed by atoms with Gasteiger partial charge in [-0.2, -0.15) is 0 Å². The molecule has 1 heterocycles. The molecule has 0 saturated carbocycles. The predicted molar refractivity (Wildman–Crippen MR) is 184 cm³/mol. The second-order valence-corrected chi connectivity index (χ2v) is 12.3. The van der Waals surface area contributed by atoms with E-state index in [0.29, 0.717) is 12.1 Å². The molecule has 12 nitrogen and oxygen atoms in total. The lowest BCUT2D eigenvalue weighted by Gasteiger charge is -2.28. The highest BCUT2D eigenvalue weighted by molar-refractivity contribution is 5.92. The number of alkyl carbamates (subject to hydrolysis) is 1. The number of esters is 1. The third-order valence-electron chi connectivity index (χ3n) is 7.89. The molecule has 0 aliphatic carbocycles. The van der Waals surface area contributed by atoms with E-state index in [4.69, 9.17) is 9.47 Å². The topological polar surface area (TPSA) is 172 Å². The number of carbonyl (C=O) groups excluding carboxylic acids is 4. The fourth-order valence-corrected chi connectivity index (χ4v) is 5.45. The van der Waals surface area contributed by atoms with Crippen LogP contribution in [0.25, 0.3) is 10.8 Å². The van der Waals surface area contributed by atoms with E-state index in [1.54, 1.807) is 13.1 Å². The van der Waals surface area contributed by atoms with Crippen LogP contribution in [0.3, 0.4) is 0 Å². The molecule has 0 spiro atoms. The van der Waals surface area contributed by atoms with Crippen molar-refractivity contribution in [2.45, 2.75) is 77.3 Å². The number of nitrogens with zero attached hydrogens (tertiary/aromatic N) is 1. The Morgan fingerprint density at radius 2 is 1.51 bits per heavy atom. The Hall–Kier alpha value is -5.23. The van der Waals surface area contributed by atoms with Crippen LogP contribution in [-0.4, -0.2) is 69.8 Å². The number of rotatable bonds is 17. The Morgan fingerprint density at radius 1 is 0.816 bits per heavy atom. The molecule has 260 valence electrons. The number of hydrogen-bond donors (Lipinski definition) is 5. The minimum Gasteiger partial charge on any atom is -0.466 e. The molecule has 3 aromatic carbocycles. The first kappa shape index (κ1) is 36.6. The lowest BCUT2D eigenvalue weighted by molar-refractivity contribution is -0.146. The quantitative estimate of drug-likeness (QED) is 0.105. The van der Waals surface area contributed by atoms with Crippen molar-refractivity contribution in [2.75, 3.05) is 6.61 Å². The molecule has 0 radical (unpaired) electrons. The highest BCUT2D eigenvalue weighted by Crippen LogP contribution is 2.18. The lowest BCUT2D eigenvalue weighted by atomic mass is 9.96. The van der Waals surface area contributed by atoms with Crippen molar-refractivity contribution in [2.24, 2.45) is 5.92 Å². The van der Waals surface area contributed by atoms with E-state index in [9.17, 15) is 24.3 Å². The summed E-state index contributed by atoms with van der Waals surface area (Å²) in [6, 6.07) is 19.7. The first-order chi connectivity index (χ1) is 23.6. The monoisotopic (exact) mass is 671 g/mol. The van der Waals surface area contributed by atoms with E-state index < -0.39 is 48.1 Å². The molecule has 2 unspecified atom stereocenters. The number of aliphatic hydroxyl groups excluding tert-OH is 1. The first-order valence-corrected chi connectivity index (χ1v) is 16.5. The maximum atomic E-state index is 14.0. The predicted octanol–water partition coefficient (Wildman–Crippen LogP) is 3.97. The molecule has 49 heavy (non-hydrogen) atoms. The Kier molecular flexibility index (Phi) is 13.7. The van der Waals surface area contributed by atoms with Gasteiger partial charge in [0.25, 0.3) is 0 Å². The molecule has 0 aliphatic rings. The summed E-state index contributed by atoms with van der Waals surface area (Å²) < 4.78 is 10.4. The van der Waals surface area contributed by atoms with Crippen LogP contribution >= 0.6 is 0 Å². The number of aromatic amines is 1. The molecule has 0 fully saturated rings. The fourth-order valence-electron chi connectivity index (χ4n) is 5.45. The third-order valence-corrected chi connectivity index (χ3v) is 7.89. The standard InChI is InChI=1S/C37H45N5O7/c1-4-48-34(44)20-33(43)30(16-24(2)3)40-36(46)32(19-29-21-38-23-39-29)41-35(45)31(42-37(47)49-22-25-10-6-5-7-11-25)18-26-14-15-27-12-8-9-13-28(27)17-26/h5-15,17,21,23-24,30-33,43H,4,16,18-20,22H2,1-3H3,(H,38,39)(H,40,46)(H,41,45)(H,42,47)/t30?,31-,32-,33?/m0/s1. The molecular weight excluding hydrogens is 626 g/mol. The van der Waals surface area contributed by atoms with Crippen LogP contribution in [-0.2, 0) is 43.3 Å². The van der Waals surface area contributed by atoms with Crippen LogP contribution in [0.15, 0.2) is 85.3 Å². The van der Waals surface area contributed by atoms with Crippen LogP contribution in [0.5, 0.6) is 0 Å². The van der Waals surface area contributed by atoms with E-state index in [1.807, 2.05) is 86.6 Å². The van der Waals surface area contributed by atoms with Gasteiger partial charge in [-0.1, -0.05) is 86.6 Å². The molecule has 3 amide bonds. The summed E-state index contributed by atoms with van der Waals surface area (Å²) in [7, 11) is 0. The molecule has 5 N–H and O–H groups in total. The lowest BCUT2D eigenvalue weighted by Crippen LogP contribution is -2.57. The zero-order chi connectivity index (χ0) is 35.2. The molecule has 0 saturated heterocycles. The van der Waals surface area contributed by atoms with Crippen LogP contribution in [0.2, 0.25) is 0 Å². The normalized spacial score (nSPS) is 13.6. The van der Waals surface area contributed by atoms with Gasteiger partial charge in [0, 0.05) is 24.7 Å². The molecule has 0 bridgehead atoms. The highest BCUT2D eigenvalue weighted by atomic mass is 16.5. The smallest absolute Gasteiger partial charge is 0.408 e. The number of fused-ring (bicyclic) bond motifs is 1. The van der Waals surface area contributed by atoms with Gasteiger partial charge in [0.15, 0.2) is 0 Å². The first-order valence-electron chi connectivity index (χ1n) is 16.5. The molecule has 4 aromatic rings. The minimum absolute atomic E-state index is 0.00715. The number of aliphatic hydroxyl groups is 1. The number of carbonyl (C=O) groups is 4. The summed E-state index contributed by atoms with van der Waals surface area (Å²) in [5, 5.41) is 21.2. The Morgan fingerprint density at radius 3 is 2.20 bits per heavy atom. The van der Waals surface area contributed by atoms with Crippen LogP contribution in [0.1, 0.15) is 50.4 Å². The van der Waals surface area contributed by atoms with Gasteiger partial charge in [-0.25, -0.2) is 9.78 Å². The van der Waals surface area contributed by atoms with Gasteiger partial charge in [0.05, 0.1) is 31.5 Å². The third kappa shape index (κ3) is 11.8. The number of imidazole rings is 1. The maximum absolute atomic E-state index is 14.0. The second-order valence-electron chi connectivity index (χ2n) is 12.3. The number of amides is 3. The average Bonchev–Trinajstić information content (AvgIpc) is 3.60. The number of nitrogens with one attached hydrogen (secondary N) is 4. The Bertz CT molecular complexity index is 1660. The van der Waals surface area contributed by atoms with Crippen molar-refractivity contribution < 1.29 is 33.8 Å². The van der Waals surface area contributed by atoms with Crippen molar-refractivity contribution in [3.8, 4) is 0 Å².